The Morgan fingerprint density at radius 1 is 1.40 bits per heavy atom. The molecule has 0 saturated heterocycles. The number of rotatable bonds is 3. The highest BCUT2D eigenvalue weighted by Crippen LogP contribution is 2.27. The monoisotopic (exact) mass is 235 g/mol. The van der Waals surface area contributed by atoms with Crippen molar-refractivity contribution in [2.75, 3.05) is 0 Å². The maximum absolute atomic E-state index is 13.3. The van der Waals surface area contributed by atoms with Crippen LogP contribution in [0.15, 0.2) is 18.2 Å². The molecule has 0 spiro atoms. The van der Waals surface area contributed by atoms with Gasteiger partial charge in [-0.2, -0.15) is 0 Å². The molecule has 1 rings (SSSR count). The molecule has 3 nitrogen and oxygen atoms in total. The minimum absolute atomic E-state index is 0.0964. The number of hydrogen-bond donors (Lipinski definition) is 1. The van der Waals surface area contributed by atoms with Crippen molar-refractivity contribution < 1.29 is 17.2 Å². The summed E-state index contributed by atoms with van der Waals surface area (Å²) >= 11 is 0. The van der Waals surface area contributed by atoms with Crippen LogP contribution >= 0.6 is 0 Å². The van der Waals surface area contributed by atoms with Crippen LogP contribution in [-0.4, -0.2) is 8.42 Å². The highest BCUT2D eigenvalue weighted by molar-refractivity contribution is 7.89. The van der Waals surface area contributed by atoms with Gasteiger partial charge in [0.05, 0.1) is 0 Å². The van der Waals surface area contributed by atoms with Crippen LogP contribution in [0.4, 0.5) is 8.78 Å². The van der Waals surface area contributed by atoms with Gasteiger partial charge in [-0.05, 0) is 12.5 Å². The zero-order valence-electron chi connectivity index (χ0n) is 8.07. The van der Waals surface area contributed by atoms with E-state index in [1.807, 2.05) is 0 Å². The molecule has 1 atom stereocenters. The third-order valence-electron chi connectivity index (χ3n) is 2.10. The Balaban J connectivity index is 3.31. The fourth-order valence-electron chi connectivity index (χ4n) is 1.40. The number of halogens is 2. The van der Waals surface area contributed by atoms with Crippen LogP contribution in [-0.2, 0) is 10.0 Å². The first-order chi connectivity index (χ1) is 6.88. The lowest BCUT2D eigenvalue weighted by Crippen LogP contribution is -2.22. The van der Waals surface area contributed by atoms with Gasteiger partial charge >= 0.3 is 0 Å². The zero-order valence-corrected chi connectivity index (χ0v) is 8.89. The molecule has 0 amide bonds. The van der Waals surface area contributed by atoms with E-state index >= 15 is 0 Å². The van der Waals surface area contributed by atoms with Gasteiger partial charge in [-0.15, -0.1) is 0 Å². The van der Waals surface area contributed by atoms with Crippen molar-refractivity contribution in [1.82, 2.24) is 0 Å². The molecule has 15 heavy (non-hydrogen) atoms. The Labute approximate surface area is 87.0 Å². The maximum atomic E-state index is 13.3. The quantitative estimate of drug-likeness (QED) is 0.866. The molecule has 0 saturated carbocycles. The Kier molecular flexibility index (Phi) is 3.41. The Bertz CT molecular complexity index is 459. The summed E-state index contributed by atoms with van der Waals surface area (Å²) in [7, 11) is -3.91. The predicted octanol–water partition coefficient (Wildman–Crippen LogP) is 1.70. The lowest BCUT2D eigenvalue weighted by Gasteiger charge is -2.13. The number of sulfonamides is 1. The standard InChI is InChI=1S/C9H11F2NO2S/c1-2-8(15(12,13)14)6-4-3-5-7(10)9(6)11/h3-5,8H,2H2,1H3,(H2,12,13,14). The third-order valence-corrected chi connectivity index (χ3v) is 3.48. The van der Waals surface area contributed by atoms with Crippen molar-refractivity contribution in [2.24, 2.45) is 5.14 Å². The van der Waals surface area contributed by atoms with E-state index in [9.17, 15) is 17.2 Å². The molecule has 84 valence electrons. The molecule has 0 bridgehead atoms. The average molecular weight is 235 g/mol. The largest absolute Gasteiger partial charge is 0.228 e. The van der Waals surface area contributed by atoms with E-state index < -0.39 is 26.9 Å². The second-order valence-electron chi connectivity index (χ2n) is 3.13. The Hall–Kier alpha value is -1.01. The van der Waals surface area contributed by atoms with Crippen LogP contribution in [0, 0.1) is 11.6 Å². The molecule has 0 heterocycles. The van der Waals surface area contributed by atoms with E-state index in [1.165, 1.54) is 12.1 Å². The molecule has 0 aliphatic rings. The SMILES string of the molecule is CCC(c1cccc(F)c1F)S(N)(=O)=O. The molecular weight excluding hydrogens is 224 g/mol. The van der Waals surface area contributed by atoms with E-state index in [-0.39, 0.29) is 12.0 Å². The number of benzene rings is 1. The van der Waals surface area contributed by atoms with Crippen molar-refractivity contribution in [3.05, 3.63) is 35.4 Å². The molecule has 0 aromatic heterocycles. The first-order valence-electron chi connectivity index (χ1n) is 4.33. The van der Waals surface area contributed by atoms with E-state index in [1.54, 1.807) is 6.92 Å². The predicted molar refractivity (Wildman–Crippen MR) is 52.5 cm³/mol. The molecule has 0 aliphatic carbocycles. The molecular formula is C9H11F2NO2S. The summed E-state index contributed by atoms with van der Waals surface area (Å²) in [5.74, 6) is -2.23. The summed E-state index contributed by atoms with van der Waals surface area (Å²) < 4.78 is 48.4. The molecule has 0 aliphatic heterocycles. The molecule has 0 fully saturated rings. The maximum Gasteiger partial charge on any atom is 0.216 e. The summed E-state index contributed by atoms with van der Waals surface area (Å²) in [4.78, 5) is 0. The third kappa shape index (κ3) is 2.51. The van der Waals surface area contributed by atoms with Crippen molar-refractivity contribution in [3.63, 3.8) is 0 Å². The van der Waals surface area contributed by atoms with Crippen molar-refractivity contribution in [1.29, 1.82) is 0 Å². The van der Waals surface area contributed by atoms with Gasteiger partial charge in [0.15, 0.2) is 11.6 Å². The van der Waals surface area contributed by atoms with Crippen LogP contribution in [0.2, 0.25) is 0 Å². The van der Waals surface area contributed by atoms with Gasteiger partial charge in [0.2, 0.25) is 10.0 Å². The van der Waals surface area contributed by atoms with Crippen molar-refractivity contribution in [3.8, 4) is 0 Å². The van der Waals surface area contributed by atoms with Gasteiger partial charge in [-0.1, -0.05) is 19.1 Å². The van der Waals surface area contributed by atoms with Gasteiger partial charge in [0.1, 0.15) is 5.25 Å². The topological polar surface area (TPSA) is 60.2 Å². The molecule has 6 heteroatoms. The van der Waals surface area contributed by atoms with Crippen LogP contribution in [0.25, 0.3) is 0 Å². The molecule has 1 unspecified atom stereocenters. The summed E-state index contributed by atoms with van der Waals surface area (Å²) in [5.41, 5.74) is -0.222. The first-order valence-corrected chi connectivity index (χ1v) is 5.94. The summed E-state index contributed by atoms with van der Waals surface area (Å²) in [6, 6.07) is 3.40. The second-order valence-corrected chi connectivity index (χ2v) is 4.88. The summed E-state index contributed by atoms with van der Waals surface area (Å²) in [6.07, 6.45) is 0.0964. The van der Waals surface area contributed by atoms with Crippen LogP contribution < -0.4 is 5.14 Å². The smallest absolute Gasteiger partial charge is 0.216 e. The minimum atomic E-state index is -3.91. The number of primary sulfonamides is 1. The average Bonchev–Trinajstić information content (AvgIpc) is 2.11. The highest BCUT2D eigenvalue weighted by atomic mass is 32.2. The summed E-state index contributed by atoms with van der Waals surface area (Å²) in [5, 5.41) is 3.72. The lowest BCUT2D eigenvalue weighted by molar-refractivity contribution is 0.493. The zero-order chi connectivity index (χ0) is 11.6. The number of nitrogens with two attached hydrogens (primary N) is 1. The lowest BCUT2D eigenvalue weighted by atomic mass is 10.1. The molecule has 2 N–H and O–H groups in total. The molecule has 1 aromatic carbocycles. The molecule has 0 radical (unpaired) electrons. The minimum Gasteiger partial charge on any atom is -0.228 e. The normalized spacial score (nSPS) is 13.9. The van der Waals surface area contributed by atoms with Gasteiger partial charge < -0.3 is 0 Å². The van der Waals surface area contributed by atoms with Crippen molar-refractivity contribution >= 4 is 10.0 Å². The Morgan fingerprint density at radius 2 is 2.00 bits per heavy atom. The summed E-state index contributed by atoms with van der Waals surface area (Å²) in [6.45, 7) is 1.54. The van der Waals surface area contributed by atoms with Crippen molar-refractivity contribution in [2.45, 2.75) is 18.6 Å². The van der Waals surface area contributed by atoms with E-state index in [4.69, 9.17) is 5.14 Å². The van der Waals surface area contributed by atoms with Crippen LogP contribution in [0.3, 0.4) is 0 Å². The van der Waals surface area contributed by atoms with Gasteiger partial charge in [-0.3, -0.25) is 0 Å². The van der Waals surface area contributed by atoms with E-state index in [2.05, 4.69) is 0 Å². The fraction of sp³-hybridized carbons (Fsp3) is 0.333. The molecule has 1 aromatic rings. The van der Waals surface area contributed by atoms with Crippen LogP contribution in [0.5, 0.6) is 0 Å². The second kappa shape index (κ2) is 4.24. The highest BCUT2D eigenvalue weighted by Gasteiger charge is 2.25. The van der Waals surface area contributed by atoms with Crippen LogP contribution in [0.1, 0.15) is 24.2 Å². The number of hydrogen-bond acceptors (Lipinski definition) is 2. The van der Waals surface area contributed by atoms with Gasteiger partial charge in [0, 0.05) is 5.56 Å². The first kappa shape index (κ1) is 12.1. The van der Waals surface area contributed by atoms with E-state index in [0.29, 0.717) is 0 Å². The van der Waals surface area contributed by atoms with E-state index in [0.717, 1.165) is 6.07 Å². The fourth-order valence-corrected chi connectivity index (χ4v) is 2.40. The van der Waals surface area contributed by atoms with Gasteiger partial charge in [0.25, 0.3) is 0 Å². The van der Waals surface area contributed by atoms with Gasteiger partial charge in [-0.25, -0.2) is 22.3 Å². The Morgan fingerprint density at radius 3 is 2.47 bits per heavy atom.